The molecule has 9 heteroatoms. The lowest BCUT2D eigenvalue weighted by molar-refractivity contribution is -0.387. The maximum atomic E-state index is 12.8. The average molecular weight is 403 g/mol. The van der Waals surface area contributed by atoms with Crippen LogP contribution in [0.15, 0.2) is 53.4 Å². The summed E-state index contributed by atoms with van der Waals surface area (Å²) in [5.74, 6) is -0.0617. The van der Waals surface area contributed by atoms with E-state index in [0.717, 1.165) is 11.1 Å². The first-order valence-corrected chi connectivity index (χ1v) is 10.3. The number of piperazine rings is 1. The number of rotatable bonds is 5. The zero-order chi connectivity index (χ0) is 20.3. The van der Waals surface area contributed by atoms with Gasteiger partial charge < -0.3 is 4.90 Å². The van der Waals surface area contributed by atoms with Crippen molar-refractivity contribution in [2.24, 2.45) is 0 Å². The summed E-state index contributed by atoms with van der Waals surface area (Å²) >= 11 is 0. The molecule has 2 aromatic rings. The van der Waals surface area contributed by atoms with Crippen LogP contribution >= 0.6 is 0 Å². The standard InChI is InChI=1S/C19H21N3O5S/c1-15-5-4-6-16(13-15)14-19(23)20-9-11-21(12-10-20)28(26,27)18-8-3-2-7-17(18)22(24)25/h2-8,13H,9-12,14H2,1H3. The maximum absolute atomic E-state index is 12.8. The number of hydrogen-bond donors (Lipinski definition) is 0. The molecule has 0 unspecified atom stereocenters. The Labute approximate surface area is 163 Å². The number of benzene rings is 2. The number of para-hydroxylation sites is 1. The Morgan fingerprint density at radius 3 is 2.39 bits per heavy atom. The van der Waals surface area contributed by atoms with Crippen molar-refractivity contribution < 1.29 is 18.1 Å². The molecule has 148 valence electrons. The average Bonchev–Trinajstić information content (AvgIpc) is 2.68. The fourth-order valence-electron chi connectivity index (χ4n) is 3.25. The Morgan fingerprint density at radius 1 is 1.07 bits per heavy atom. The molecule has 1 heterocycles. The second kappa shape index (κ2) is 8.07. The van der Waals surface area contributed by atoms with Gasteiger partial charge in [-0.05, 0) is 18.6 Å². The monoisotopic (exact) mass is 403 g/mol. The lowest BCUT2D eigenvalue weighted by Gasteiger charge is -2.34. The largest absolute Gasteiger partial charge is 0.340 e. The molecule has 1 fully saturated rings. The number of sulfonamides is 1. The smallest absolute Gasteiger partial charge is 0.289 e. The van der Waals surface area contributed by atoms with Gasteiger partial charge in [0, 0.05) is 32.2 Å². The Balaban J connectivity index is 1.68. The summed E-state index contributed by atoms with van der Waals surface area (Å²) in [6, 6.07) is 13.0. The van der Waals surface area contributed by atoms with E-state index >= 15 is 0 Å². The molecule has 0 N–H and O–H groups in total. The van der Waals surface area contributed by atoms with Gasteiger partial charge in [-0.1, -0.05) is 42.0 Å². The van der Waals surface area contributed by atoms with Crippen LogP contribution in [0, 0.1) is 17.0 Å². The predicted octanol–water partition coefficient (Wildman–Crippen LogP) is 1.98. The van der Waals surface area contributed by atoms with E-state index in [9.17, 15) is 23.3 Å². The van der Waals surface area contributed by atoms with E-state index in [0.29, 0.717) is 0 Å². The topological polar surface area (TPSA) is 101 Å². The zero-order valence-electron chi connectivity index (χ0n) is 15.4. The Hall–Kier alpha value is -2.78. The van der Waals surface area contributed by atoms with Gasteiger partial charge in [0.25, 0.3) is 5.69 Å². The number of carbonyl (C=O) groups is 1. The van der Waals surface area contributed by atoms with Crippen LogP contribution < -0.4 is 0 Å². The summed E-state index contributed by atoms with van der Waals surface area (Å²) in [4.78, 5) is 24.3. The maximum Gasteiger partial charge on any atom is 0.289 e. The fraction of sp³-hybridized carbons (Fsp3) is 0.316. The first kappa shape index (κ1) is 20.0. The highest BCUT2D eigenvalue weighted by Gasteiger charge is 2.34. The number of aryl methyl sites for hydroxylation is 1. The van der Waals surface area contributed by atoms with Gasteiger partial charge in [-0.25, -0.2) is 8.42 Å². The van der Waals surface area contributed by atoms with Crippen LogP contribution in [0.4, 0.5) is 5.69 Å². The van der Waals surface area contributed by atoms with E-state index in [-0.39, 0.29) is 43.4 Å². The normalized spacial score (nSPS) is 15.4. The third-order valence-corrected chi connectivity index (χ3v) is 6.65. The minimum Gasteiger partial charge on any atom is -0.340 e. The Morgan fingerprint density at radius 2 is 1.75 bits per heavy atom. The second-order valence-corrected chi connectivity index (χ2v) is 8.58. The minimum absolute atomic E-state index is 0.0617. The summed E-state index contributed by atoms with van der Waals surface area (Å²) in [5.41, 5.74) is 1.55. The molecule has 1 aliphatic heterocycles. The number of carbonyl (C=O) groups excluding carboxylic acids is 1. The first-order chi connectivity index (χ1) is 13.3. The van der Waals surface area contributed by atoms with Crippen molar-refractivity contribution in [1.29, 1.82) is 0 Å². The molecule has 0 spiro atoms. The minimum atomic E-state index is -4.00. The third kappa shape index (κ3) is 4.20. The number of nitrogens with zero attached hydrogens (tertiary/aromatic N) is 3. The summed E-state index contributed by atoms with van der Waals surface area (Å²) < 4.78 is 26.9. The number of hydrogen-bond acceptors (Lipinski definition) is 5. The van der Waals surface area contributed by atoms with Gasteiger partial charge in [0.15, 0.2) is 4.90 Å². The molecule has 1 aliphatic rings. The summed E-state index contributed by atoms with van der Waals surface area (Å²) in [5, 5.41) is 11.2. The van der Waals surface area contributed by atoms with Crippen LogP contribution in [-0.4, -0.2) is 54.6 Å². The fourth-order valence-corrected chi connectivity index (χ4v) is 4.83. The van der Waals surface area contributed by atoms with Gasteiger partial charge >= 0.3 is 0 Å². The molecule has 3 rings (SSSR count). The van der Waals surface area contributed by atoms with Crippen molar-refractivity contribution in [2.75, 3.05) is 26.2 Å². The second-order valence-electron chi connectivity index (χ2n) is 6.68. The highest BCUT2D eigenvalue weighted by Crippen LogP contribution is 2.27. The van der Waals surface area contributed by atoms with E-state index in [1.807, 2.05) is 31.2 Å². The molecule has 2 aromatic carbocycles. The van der Waals surface area contributed by atoms with Crippen LogP contribution in [0.5, 0.6) is 0 Å². The molecule has 0 radical (unpaired) electrons. The van der Waals surface area contributed by atoms with Crippen LogP contribution in [0.3, 0.4) is 0 Å². The van der Waals surface area contributed by atoms with E-state index in [1.54, 1.807) is 4.90 Å². The van der Waals surface area contributed by atoms with E-state index in [2.05, 4.69) is 0 Å². The molecule has 1 amide bonds. The van der Waals surface area contributed by atoms with Crippen molar-refractivity contribution in [3.63, 3.8) is 0 Å². The quantitative estimate of drug-likeness (QED) is 0.561. The SMILES string of the molecule is Cc1cccc(CC(=O)N2CCN(S(=O)(=O)c3ccccc3[N+](=O)[O-])CC2)c1. The molecular weight excluding hydrogens is 382 g/mol. The van der Waals surface area contributed by atoms with Gasteiger partial charge in [0.2, 0.25) is 15.9 Å². The molecule has 0 aliphatic carbocycles. The summed E-state index contributed by atoms with van der Waals surface area (Å²) in [6.07, 6.45) is 0.262. The van der Waals surface area contributed by atoms with Gasteiger partial charge in [0.1, 0.15) is 0 Å². The summed E-state index contributed by atoms with van der Waals surface area (Å²) in [7, 11) is -4.00. The van der Waals surface area contributed by atoms with Crippen molar-refractivity contribution in [1.82, 2.24) is 9.21 Å². The molecule has 0 bridgehead atoms. The molecule has 0 aromatic heterocycles. The zero-order valence-corrected chi connectivity index (χ0v) is 16.3. The van der Waals surface area contributed by atoms with E-state index in [4.69, 9.17) is 0 Å². The third-order valence-electron chi connectivity index (χ3n) is 4.71. The molecule has 0 atom stereocenters. The molecular formula is C19H21N3O5S. The number of nitro groups is 1. The highest BCUT2D eigenvalue weighted by atomic mass is 32.2. The van der Waals surface area contributed by atoms with E-state index in [1.165, 1.54) is 28.6 Å². The van der Waals surface area contributed by atoms with E-state index < -0.39 is 20.6 Å². The first-order valence-electron chi connectivity index (χ1n) is 8.86. The lowest BCUT2D eigenvalue weighted by Crippen LogP contribution is -2.50. The Bertz CT molecular complexity index is 998. The van der Waals surface area contributed by atoms with Gasteiger partial charge in [-0.3, -0.25) is 14.9 Å². The number of nitro benzene ring substituents is 1. The molecule has 1 saturated heterocycles. The Kier molecular flexibility index (Phi) is 5.76. The predicted molar refractivity (Wildman–Crippen MR) is 103 cm³/mol. The molecule has 0 saturated carbocycles. The highest BCUT2D eigenvalue weighted by molar-refractivity contribution is 7.89. The van der Waals surface area contributed by atoms with Crippen LogP contribution in [0.1, 0.15) is 11.1 Å². The lowest BCUT2D eigenvalue weighted by atomic mass is 10.1. The van der Waals surface area contributed by atoms with Crippen molar-refractivity contribution in [3.8, 4) is 0 Å². The van der Waals surface area contributed by atoms with Gasteiger partial charge in [-0.15, -0.1) is 0 Å². The van der Waals surface area contributed by atoms with Crippen molar-refractivity contribution in [2.45, 2.75) is 18.2 Å². The van der Waals surface area contributed by atoms with Crippen molar-refractivity contribution in [3.05, 3.63) is 69.8 Å². The number of amides is 1. The molecule has 8 nitrogen and oxygen atoms in total. The molecule has 28 heavy (non-hydrogen) atoms. The van der Waals surface area contributed by atoms with Gasteiger partial charge in [-0.2, -0.15) is 4.31 Å². The van der Waals surface area contributed by atoms with Crippen LogP contribution in [0.2, 0.25) is 0 Å². The van der Waals surface area contributed by atoms with Crippen LogP contribution in [-0.2, 0) is 21.2 Å². The van der Waals surface area contributed by atoms with Crippen LogP contribution in [0.25, 0.3) is 0 Å². The summed E-state index contributed by atoms with van der Waals surface area (Å²) in [6.45, 7) is 2.68. The van der Waals surface area contributed by atoms with Crippen molar-refractivity contribution >= 4 is 21.6 Å². The van der Waals surface area contributed by atoms with Gasteiger partial charge in [0.05, 0.1) is 11.3 Å².